The number of hydrogen-bond acceptors (Lipinski definition) is 2. The Bertz CT molecular complexity index is 491. The van der Waals surface area contributed by atoms with Crippen LogP contribution < -0.4 is 4.74 Å². The third-order valence-electron chi connectivity index (χ3n) is 2.24. The third-order valence-corrected chi connectivity index (χ3v) is 2.24. The van der Waals surface area contributed by atoms with E-state index < -0.39 is 0 Å². The molecule has 0 bridgehead atoms. The molecule has 0 fully saturated rings. The second kappa shape index (κ2) is 4.62. The van der Waals surface area contributed by atoms with Gasteiger partial charge >= 0.3 is 0 Å². The van der Waals surface area contributed by atoms with Crippen molar-refractivity contribution in [1.82, 2.24) is 4.98 Å². The normalized spacial score (nSPS) is 9.81. The molecule has 0 unspecified atom stereocenters. The first-order valence-electron chi connectivity index (χ1n) is 5.11. The second-order valence-corrected chi connectivity index (χ2v) is 3.52. The van der Waals surface area contributed by atoms with E-state index in [1.807, 2.05) is 43.3 Å². The van der Waals surface area contributed by atoms with Crippen LogP contribution in [0.1, 0.15) is 11.1 Å². The van der Waals surface area contributed by atoms with Gasteiger partial charge in [-0.2, -0.15) is 0 Å². The van der Waals surface area contributed by atoms with Crippen LogP contribution >= 0.6 is 0 Å². The van der Waals surface area contributed by atoms with E-state index in [9.17, 15) is 0 Å². The molecule has 1 aromatic heterocycles. The molecule has 2 aromatic rings. The van der Waals surface area contributed by atoms with Gasteiger partial charge in [0, 0.05) is 17.8 Å². The highest BCUT2D eigenvalue weighted by Crippen LogP contribution is 2.25. The van der Waals surface area contributed by atoms with E-state index in [0.717, 1.165) is 11.3 Å². The van der Waals surface area contributed by atoms with Crippen molar-refractivity contribution in [2.24, 2.45) is 0 Å². The van der Waals surface area contributed by atoms with E-state index in [0.29, 0.717) is 5.88 Å². The summed E-state index contributed by atoms with van der Waals surface area (Å²) in [5, 5.41) is 0. The fourth-order valence-electron chi connectivity index (χ4n) is 1.44. The second-order valence-electron chi connectivity index (χ2n) is 3.52. The zero-order chi connectivity index (χ0) is 11.4. The Balaban J connectivity index is 2.31. The number of aromatic nitrogens is 1. The molecule has 16 heavy (non-hydrogen) atoms. The molecule has 2 nitrogen and oxygen atoms in total. The molecule has 1 heterocycles. The lowest BCUT2D eigenvalue weighted by Crippen LogP contribution is -1.90. The first-order chi connectivity index (χ1) is 7.79. The number of rotatable bonds is 3. The molecule has 2 rings (SSSR count). The van der Waals surface area contributed by atoms with Gasteiger partial charge in [0.15, 0.2) is 0 Å². The number of pyridine rings is 1. The Morgan fingerprint density at radius 3 is 2.81 bits per heavy atom. The van der Waals surface area contributed by atoms with E-state index in [2.05, 4.69) is 11.6 Å². The topological polar surface area (TPSA) is 22.1 Å². The molecule has 0 saturated heterocycles. The van der Waals surface area contributed by atoms with Crippen molar-refractivity contribution in [3.05, 3.63) is 60.3 Å². The van der Waals surface area contributed by atoms with Crippen molar-refractivity contribution in [3.8, 4) is 11.6 Å². The lowest BCUT2D eigenvalue weighted by molar-refractivity contribution is 0.462. The molecule has 0 aliphatic heterocycles. The Kier molecular flexibility index (Phi) is 3.01. The SMILES string of the molecule is C=Cc1cc(C)ccc1Oc1ccccn1. The van der Waals surface area contributed by atoms with Crippen LogP contribution in [0.5, 0.6) is 11.6 Å². The van der Waals surface area contributed by atoms with E-state index >= 15 is 0 Å². The molecule has 0 radical (unpaired) electrons. The minimum atomic E-state index is 0.592. The lowest BCUT2D eigenvalue weighted by Gasteiger charge is -2.08. The van der Waals surface area contributed by atoms with Crippen LogP contribution in [-0.2, 0) is 0 Å². The molecular weight excluding hydrogens is 198 g/mol. The van der Waals surface area contributed by atoms with E-state index in [4.69, 9.17) is 4.74 Å². The van der Waals surface area contributed by atoms with Crippen LogP contribution in [0.2, 0.25) is 0 Å². The fourth-order valence-corrected chi connectivity index (χ4v) is 1.44. The maximum Gasteiger partial charge on any atom is 0.219 e. The zero-order valence-corrected chi connectivity index (χ0v) is 9.18. The maximum atomic E-state index is 5.67. The van der Waals surface area contributed by atoms with Gasteiger partial charge in [0.1, 0.15) is 5.75 Å². The smallest absolute Gasteiger partial charge is 0.219 e. The van der Waals surface area contributed by atoms with Crippen LogP contribution in [0.4, 0.5) is 0 Å². The quantitative estimate of drug-likeness (QED) is 0.769. The summed E-state index contributed by atoms with van der Waals surface area (Å²) < 4.78 is 5.67. The summed E-state index contributed by atoms with van der Waals surface area (Å²) in [7, 11) is 0. The van der Waals surface area contributed by atoms with Crippen LogP contribution in [0.25, 0.3) is 6.08 Å². The average Bonchev–Trinajstić information content (AvgIpc) is 2.33. The van der Waals surface area contributed by atoms with Crippen molar-refractivity contribution in [1.29, 1.82) is 0 Å². The summed E-state index contributed by atoms with van der Waals surface area (Å²) in [6.45, 7) is 5.81. The van der Waals surface area contributed by atoms with Crippen LogP contribution in [0.15, 0.2) is 49.2 Å². The Morgan fingerprint density at radius 1 is 1.25 bits per heavy atom. The van der Waals surface area contributed by atoms with Gasteiger partial charge in [0.2, 0.25) is 5.88 Å². The summed E-state index contributed by atoms with van der Waals surface area (Å²) in [5.74, 6) is 1.37. The molecule has 1 aromatic carbocycles. The van der Waals surface area contributed by atoms with E-state index in [-0.39, 0.29) is 0 Å². The Hall–Kier alpha value is -2.09. The molecule has 0 saturated carbocycles. The van der Waals surface area contributed by atoms with Crippen molar-refractivity contribution in [2.75, 3.05) is 0 Å². The molecule has 0 N–H and O–H groups in total. The van der Waals surface area contributed by atoms with Crippen molar-refractivity contribution < 1.29 is 4.74 Å². The van der Waals surface area contributed by atoms with Gasteiger partial charge in [0.25, 0.3) is 0 Å². The summed E-state index contributed by atoms with van der Waals surface area (Å²) in [6.07, 6.45) is 3.49. The summed E-state index contributed by atoms with van der Waals surface area (Å²) >= 11 is 0. The highest BCUT2D eigenvalue weighted by atomic mass is 16.5. The minimum absolute atomic E-state index is 0.592. The van der Waals surface area contributed by atoms with Gasteiger partial charge in [-0.15, -0.1) is 0 Å². The molecule has 2 heteroatoms. The van der Waals surface area contributed by atoms with Gasteiger partial charge in [-0.1, -0.05) is 30.4 Å². The van der Waals surface area contributed by atoms with E-state index in [1.54, 1.807) is 12.3 Å². The van der Waals surface area contributed by atoms with Crippen molar-refractivity contribution in [3.63, 3.8) is 0 Å². The summed E-state index contributed by atoms with van der Waals surface area (Å²) in [5.41, 5.74) is 2.16. The monoisotopic (exact) mass is 211 g/mol. The predicted octanol–water partition coefficient (Wildman–Crippen LogP) is 3.83. The highest BCUT2D eigenvalue weighted by Gasteiger charge is 2.02. The molecule has 0 aliphatic rings. The summed E-state index contributed by atoms with van der Waals surface area (Å²) in [6, 6.07) is 11.5. The Morgan fingerprint density at radius 2 is 2.12 bits per heavy atom. The molecule has 0 aliphatic carbocycles. The van der Waals surface area contributed by atoms with Crippen molar-refractivity contribution in [2.45, 2.75) is 6.92 Å². The minimum Gasteiger partial charge on any atom is -0.438 e. The van der Waals surface area contributed by atoms with Gasteiger partial charge < -0.3 is 4.74 Å². The third kappa shape index (κ3) is 2.28. The fraction of sp³-hybridized carbons (Fsp3) is 0.0714. The lowest BCUT2D eigenvalue weighted by atomic mass is 10.1. The Labute approximate surface area is 95.2 Å². The number of hydrogen-bond donors (Lipinski definition) is 0. The van der Waals surface area contributed by atoms with Gasteiger partial charge in [-0.25, -0.2) is 4.98 Å². The van der Waals surface area contributed by atoms with Gasteiger partial charge in [-0.3, -0.25) is 0 Å². The maximum absolute atomic E-state index is 5.67. The first kappa shape index (κ1) is 10.4. The van der Waals surface area contributed by atoms with Crippen molar-refractivity contribution >= 4 is 6.08 Å². The number of benzene rings is 1. The standard InChI is InChI=1S/C14H13NO/c1-3-12-10-11(2)7-8-13(12)16-14-6-4-5-9-15-14/h3-10H,1H2,2H3. The predicted molar refractivity (Wildman–Crippen MR) is 65.6 cm³/mol. The molecule has 0 atom stereocenters. The van der Waals surface area contributed by atoms with Gasteiger partial charge in [0.05, 0.1) is 0 Å². The number of aryl methyl sites for hydroxylation is 1. The first-order valence-corrected chi connectivity index (χ1v) is 5.11. The molecule has 80 valence electrons. The highest BCUT2D eigenvalue weighted by molar-refractivity contribution is 5.57. The molecule has 0 amide bonds. The number of nitrogens with zero attached hydrogens (tertiary/aromatic N) is 1. The van der Waals surface area contributed by atoms with Gasteiger partial charge in [-0.05, 0) is 25.1 Å². The summed E-state index contributed by atoms with van der Waals surface area (Å²) in [4.78, 5) is 4.12. The molecule has 0 spiro atoms. The van der Waals surface area contributed by atoms with Crippen LogP contribution in [0.3, 0.4) is 0 Å². The number of ether oxygens (including phenoxy) is 1. The largest absolute Gasteiger partial charge is 0.438 e. The molecular formula is C14H13NO. The van der Waals surface area contributed by atoms with Crippen LogP contribution in [0, 0.1) is 6.92 Å². The van der Waals surface area contributed by atoms with Crippen LogP contribution in [-0.4, -0.2) is 4.98 Å². The zero-order valence-electron chi connectivity index (χ0n) is 9.18. The van der Waals surface area contributed by atoms with E-state index in [1.165, 1.54) is 5.56 Å². The average molecular weight is 211 g/mol.